The molecule has 5 nitrogen and oxygen atoms in total. The van der Waals surface area contributed by atoms with Gasteiger partial charge in [-0.2, -0.15) is 0 Å². The van der Waals surface area contributed by atoms with Gasteiger partial charge in [-0.25, -0.2) is 0 Å². The fraction of sp³-hybridized carbons (Fsp3) is 0.500. The van der Waals surface area contributed by atoms with E-state index < -0.39 is 23.2 Å². The predicted molar refractivity (Wildman–Crippen MR) is 69.3 cm³/mol. The first kappa shape index (κ1) is 13.5. The number of carboxylic acids is 1. The van der Waals surface area contributed by atoms with E-state index in [1.807, 2.05) is 32.0 Å². The molecule has 102 valence electrons. The van der Waals surface area contributed by atoms with Crippen LogP contribution in [-0.2, 0) is 16.0 Å². The van der Waals surface area contributed by atoms with Gasteiger partial charge in [0.1, 0.15) is 0 Å². The summed E-state index contributed by atoms with van der Waals surface area (Å²) in [6.07, 6.45) is 2.36. The Morgan fingerprint density at radius 3 is 2.63 bits per heavy atom. The normalized spacial score (nSPS) is 23.7. The number of nitrogens with one attached hydrogen (secondary N) is 1. The van der Waals surface area contributed by atoms with Crippen molar-refractivity contribution in [1.82, 2.24) is 10.3 Å². The largest absolute Gasteiger partial charge is 0.481 e. The maximum atomic E-state index is 11.9. The van der Waals surface area contributed by atoms with Gasteiger partial charge in [0.2, 0.25) is 5.91 Å². The van der Waals surface area contributed by atoms with Gasteiger partial charge < -0.3 is 10.4 Å². The molecular formula is C14H18N2O3. The Kier molecular flexibility index (Phi) is 3.55. The average molecular weight is 262 g/mol. The van der Waals surface area contributed by atoms with Crippen molar-refractivity contribution < 1.29 is 14.7 Å². The lowest BCUT2D eigenvalue weighted by Gasteiger charge is -2.05. The topological polar surface area (TPSA) is 79.3 Å². The number of aliphatic carboxylic acids is 1. The molecule has 0 unspecified atom stereocenters. The van der Waals surface area contributed by atoms with Crippen molar-refractivity contribution in [2.45, 2.75) is 20.3 Å². The van der Waals surface area contributed by atoms with Crippen LogP contribution in [0.25, 0.3) is 0 Å². The van der Waals surface area contributed by atoms with E-state index in [4.69, 9.17) is 5.11 Å². The number of nitrogens with zero attached hydrogens (tertiary/aromatic N) is 1. The van der Waals surface area contributed by atoms with Gasteiger partial charge in [0.15, 0.2) is 0 Å². The maximum Gasteiger partial charge on any atom is 0.307 e. The third-order valence-electron chi connectivity index (χ3n) is 3.78. The van der Waals surface area contributed by atoms with Gasteiger partial charge in [-0.3, -0.25) is 14.6 Å². The lowest BCUT2D eigenvalue weighted by atomic mass is 10.1. The summed E-state index contributed by atoms with van der Waals surface area (Å²) >= 11 is 0. The summed E-state index contributed by atoms with van der Waals surface area (Å²) in [5, 5.41) is 11.8. The van der Waals surface area contributed by atoms with E-state index in [-0.39, 0.29) is 5.91 Å². The van der Waals surface area contributed by atoms with E-state index in [1.54, 1.807) is 6.20 Å². The van der Waals surface area contributed by atoms with Crippen LogP contribution in [0.1, 0.15) is 19.5 Å². The van der Waals surface area contributed by atoms with Crippen LogP contribution in [0.4, 0.5) is 0 Å². The van der Waals surface area contributed by atoms with E-state index >= 15 is 0 Å². The number of amides is 1. The first-order valence-corrected chi connectivity index (χ1v) is 6.35. The van der Waals surface area contributed by atoms with Crippen LogP contribution >= 0.6 is 0 Å². The fourth-order valence-electron chi connectivity index (χ4n) is 2.56. The molecule has 1 amide bonds. The number of carboxylic acid groups (broad SMARTS) is 1. The minimum Gasteiger partial charge on any atom is -0.481 e. The monoisotopic (exact) mass is 262 g/mol. The minimum atomic E-state index is -0.894. The molecule has 1 fully saturated rings. The van der Waals surface area contributed by atoms with Crippen molar-refractivity contribution >= 4 is 11.9 Å². The molecule has 5 heteroatoms. The summed E-state index contributed by atoms with van der Waals surface area (Å²) in [6.45, 7) is 4.11. The average Bonchev–Trinajstić information content (AvgIpc) is 2.94. The van der Waals surface area contributed by atoms with E-state index in [1.165, 1.54) is 0 Å². The third kappa shape index (κ3) is 2.75. The summed E-state index contributed by atoms with van der Waals surface area (Å²) in [5.74, 6) is -2.06. The lowest BCUT2D eigenvalue weighted by molar-refractivity contribution is -0.140. The number of rotatable bonds is 5. The van der Waals surface area contributed by atoms with Crippen LogP contribution in [0.5, 0.6) is 0 Å². The molecule has 19 heavy (non-hydrogen) atoms. The Labute approximate surface area is 112 Å². The van der Waals surface area contributed by atoms with Gasteiger partial charge in [-0.05, 0) is 17.5 Å². The molecule has 0 aromatic carbocycles. The number of pyridine rings is 1. The van der Waals surface area contributed by atoms with Gasteiger partial charge in [-0.1, -0.05) is 19.9 Å². The molecule has 1 aromatic heterocycles. The van der Waals surface area contributed by atoms with Crippen LogP contribution < -0.4 is 5.32 Å². The van der Waals surface area contributed by atoms with Crippen molar-refractivity contribution in [1.29, 1.82) is 0 Å². The standard InChI is InChI=1S/C14H18N2O3/c1-14(2)10(11(14)13(18)19)12(17)16-8-6-9-5-3-4-7-15-9/h3-5,7,10-11H,6,8H2,1-2H3,(H,16,17)(H,18,19)/t10-,11+/m1/s1. The molecule has 2 atom stereocenters. The Hall–Kier alpha value is -1.91. The second-order valence-electron chi connectivity index (χ2n) is 5.48. The van der Waals surface area contributed by atoms with Crippen molar-refractivity contribution in [3.8, 4) is 0 Å². The first-order valence-electron chi connectivity index (χ1n) is 6.35. The Morgan fingerprint density at radius 1 is 1.37 bits per heavy atom. The van der Waals surface area contributed by atoms with Gasteiger partial charge >= 0.3 is 5.97 Å². The fourth-order valence-corrected chi connectivity index (χ4v) is 2.56. The molecule has 1 aliphatic carbocycles. The van der Waals surface area contributed by atoms with E-state index in [0.717, 1.165) is 5.69 Å². The van der Waals surface area contributed by atoms with Crippen LogP contribution in [0.2, 0.25) is 0 Å². The van der Waals surface area contributed by atoms with Crippen molar-refractivity contribution in [2.24, 2.45) is 17.3 Å². The summed E-state index contributed by atoms with van der Waals surface area (Å²) < 4.78 is 0. The zero-order chi connectivity index (χ0) is 14.0. The minimum absolute atomic E-state index is 0.173. The quantitative estimate of drug-likeness (QED) is 0.832. The molecular weight excluding hydrogens is 244 g/mol. The van der Waals surface area contributed by atoms with E-state index in [9.17, 15) is 9.59 Å². The lowest BCUT2D eigenvalue weighted by Crippen LogP contribution is -2.29. The highest BCUT2D eigenvalue weighted by atomic mass is 16.4. The van der Waals surface area contributed by atoms with Crippen LogP contribution in [0.3, 0.4) is 0 Å². The summed E-state index contributed by atoms with van der Waals surface area (Å²) in [6, 6.07) is 5.63. The highest BCUT2D eigenvalue weighted by Crippen LogP contribution is 2.58. The number of carbonyl (C=O) groups is 2. The molecule has 1 aliphatic rings. The highest BCUT2D eigenvalue weighted by molar-refractivity contribution is 5.91. The molecule has 1 aromatic rings. The molecule has 1 heterocycles. The van der Waals surface area contributed by atoms with Crippen LogP contribution in [0, 0.1) is 17.3 Å². The smallest absolute Gasteiger partial charge is 0.307 e. The maximum absolute atomic E-state index is 11.9. The molecule has 0 bridgehead atoms. The highest BCUT2D eigenvalue weighted by Gasteiger charge is 2.65. The van der Waals surface area contributed by atoms with Gasteiger partial charge in [0, 0.05) is 24.9 Å². The molecule has 0 aliphatic heterocycles. The van der Waals surface area contributed by atoms with E-state index in [0.29, 0.717) is 13.0 Å². The second-order valence-corrected chi connectivity index (χ2v) is 5.48. The zero-order valence-corrected chi connectivity index (χ0v) is 11.1. The summed E-state index contributed by atoms with van der Waals surface area (Å²) in [5.41, 5.74) is 0.466. The molecule has 0 saturated heterocycles. The summed E-state index contributed by atoms with van der Waals surface area (Å²) in [7, 11) is 0. The number of aromatic nitrogens is 1. The molecule has 0 radical (unpaired) electrons. The molecule has 2 rings (SSSR count). The van der Waals surface area contributed by atoms with Crippen LogP contribution in [0.15, 0.2) is 24.4 Å². The Morgan fingerprint density at radius 2 is 2.11 bits per heavy atom. The Balaban J connectivity index is 1.82. The van der Waals surface area contributed by atoms with Gasteiger partial charge in [0.25, 0.3) is 0 Å². The second kappa shape index (κ2) is 4.99. The number of carbonyl (C=O) groups excluding carboxylic acids is 1. The van der Waals surface area contributed by atoms with Crippen molar-refractivity contribution in [3.63, 3.8) is 0 Å². The van der Waals surface area contributed by atoms with Gasteiger partial charge in [0.05, 0.1) is 11.8 Å². The first-order chi connectivity index (χ1) is 8.94. The van der Waals surface area contributed by atoms with Crippen molar-refractivity contribution in [3.05, 3.63) is 30.1 Å². The number of hydrogen-bond donors (Lipinski definition) is 2. The SMILES string of the molecule is CC1(C)[C@H](C(=O)O)[C@@H]1C(=O)NCCc1ccccn1. The molecule has 0 spiro atoms. The van der Waals surface area contributed by atoms with Gasteiger partial charge in [-0.15, -0.1) is 0 Å². The third-order valence-corrected chi connectivity index (χ3v) is 3.78. The predicted octanol–water partition coefficient (Wildman–Crippen LogP) is 1.10. The van der Waals surface area contributed by atoms with Crippen LogP contribution in [-0.4, -0.2) is 28.5 Å². The van der Waals surface area contributed by atoms with E-state index in [2.05, 4.69) is 10.3 Å². The Bertz CT molecular complexity index is 485. The zero-order valence-electron chi connectivity index (χ0n) is 11.1. The number of hydrogen-bond acceptors (Lipinski definition) is 3. The van der Waals surface area contributed by atoms with Crippen molar-refractivity contribution in [2.75, 3.05) is 6.54 Å². The summed E-state index contributed by atoms with van der Waals surface area (Å²) in [4.78, 5) is 27.1. The molecule has 1 saturated carbocycles. The molecule has 2 N–H and O–H groups in total.